The smallest absolute Gasteiger partial charge is 0.160 e. The molecule has 0 spiro atoms. The third-order valence-electron chi connectivity index (χ3n) is 6.53. The molecular weight excluding hydrogens is 454 g/mol. The lowest BCUT2D eigenvalue weighted by Crippen LogP contribution is -2.01. The Morgan fingerprint density at radius 1 is 0.486 bits per heavy atom. The van der Waals surface area contributed by atoms with E-state index in [9.17, 15) is 0 Å². The lowest BCUT2D eigenvalue weighted by molar-refractivity contribution is 1.07. The zero-order valence-corrected chi connectivity index (χ0v) is 19.9. The minimum atomic E-state index is 0.671. The molecule has 174 valence electrons. The molecule has 0 saturated carbocycles. The summed E-state index contributed by atoms with van der Waals surface area (Å²) >= 11 is 0. The minimum absolute atomic E-state index is 0.671. The molecule has 0 aliphatic heterocycles. The molecule has 0 unspecified atom stereocenters. The van der Waals surface area contributed by atoms with Gasteiger partial charge in [-0.2, -0.15) is 0 Å². The number of benzene rings is 3. The number of pyridine rings is 2. The molecule has 0 amide bonds. The van der Waals surface area contributed by atoms with Crippen molar-refractivity contribution in [3.8, 4) is 39.9 Å². The predicted octanol–water partition coefficient (Wildman–Crippen LogP) is 7.36. The van der Waals surface area contributed by atoms with Crippen LogP contribution in [0.4, 0.5) is 0 Å². The number of para-hydroxylation sites is 1. The first-order valence-corrected chi connectivity index (χ1v) is 12.2. The Morgan fingerprint density at radius 2 is 1.19 bits per heavy atom. The Kier molecular flexibility index (Phi) is 5.03. The third kappa shape index (κ3) is 3.74. The molecule has 7 rings (SSSR count). The lowest BCUT2D eigenvalue weighted by atomic mass is 10.1. The van der Waals surface area contributed by atoms with Crippen molar-refractivity contribution in [3.05, 3.63) is 128 Å². The molecule has 0 bridgehead atoms. The predicted molar refractivity (Wildman–Crippen MR) is 148 cm³/mol. The van der Waals surface area contributed by atoms with Crippen LogP contribution in [0.25, 0.3) is 61.7 Å². The van der Waals surface area contributed by atoms with Crippen LogP contribution in [0.2, 0.25) is 0 Å². The summed E-state index contributed by atoms with van der Waals surface area (Å²) in [6.45, 7) is 0. The molecule has 37 heavy (non-hydrogen) atoms. The van der Waals surface area contributed by atoms with E-state index in [0.29, 0.717) is 5.82 Å². The fraction of sp³-hybridized carbons (Fsp3) is 0. The number of hydrogen-bond acceptors (Lipinski definition) is 4. The van der Waals surface area contributed by atoms with Crippen molar-refractivity contribution in [2.24, 2.45) is 0 Å². The maximum absolute atomic E-state index is 5.10. The van der Waals surface area contributed by atoms with E-state index < -0.39 is 0 Å². The van der Waals surface area contributed by atoms with Crippen LogP contribution in [0.3, 0.4) is 0 Å². The van der Waals surface area contributed by atoms with Gasteiger partial charge in [-0.25, -0.2) is 15.0 Å². The van der Waals surface area contributed by atoms with Gasteiger partial charge in [-0.1, -0.05) is 84.9 Å². The molecule has 5 nitrogen and oxygen atoms in total. The SMILES string of the molecule is c1ccc(-c2cc(-c3cccc(-n4c5ccccc5c5ccncc54)n3)nc(-c3ccccc3)n2)cc1. The summed E-state index contributed by atoms with van der Waals surface area (Å²) in [6.07, 6.45) is 3.73. The standard InChI is InChI=1S/C32H21N5/c1-3-10-22(11-4-1)27-20-28(36-32(35-27)23-12-5-2-6-13-23)26-15-9-17-31(34-26)37-29-16-8-7-14-24(29)25-18-19-33-21-30(25)37/h1-21H. The summed E-state index contributed by atoms with van der Waals surface area (Å²) < 4.78 is 2.17. The van der Waals surface area contributed by atoms with Gasteiger partial charge < -0.3 is 0 Å². The maximum Gasteiger partial charge on any atom is 0.160 e. The highest BCUT2D eigenvalue weighted by atomic mass is 15.1. The Labute approximate surface area is 213 Å². The monoisotopic (exact) mass is 475 g/mol. The van der Waals surface area contributed by atoms with Crippen LogP contribution in [-0.4, -0.2) is 24.5 Å². The van der Waals surface area contributed by atoms with Crippen molar-refractivity contribution in [1.29, 1.82) is 0 Å². The van der Waals surface area contributed by atoms with Gasteiger partial charge in [-0.3, -0.25) is 9.55 Å². The summed E-state index contributed by atoms with van der Waals surface area (Å²) in [5.74, 6) is 1.49. The van der Waals surface area contributed by atoms with E-state index in [1.54, 1.807) is 0 Å². The second kappa shape index (κ2) is 8.81. The Morgan fingerprint density at radius 3 is 2.03 bits per heavy atom. The number of aromatic nitrogens is 5. The third-order valence-corrected chi connectivity index (χ3v) is 6.53. The van der Waals surface area contributed by atoms with Crippen LogP contribution in [-0.2, 0) is 0 Å². The van der Waals surface area contributed by atoms with Crippen molar-refractivity contribution in [2.45, 2.75) is 0 Å². The van der Waals surface area contributed by atoms with Crippen LogP contribution in [0.15, 0.2) is 128 Å². The summed E-state index contributed by atoms with van der Waals surface area (Å²) in [7, 11) is 0. The summed E-state index contributed by atoms with van der Waals surface area (Å²) in [5, 5.41) is 2.32. The molecule has 4 aromatic heterocycles. The molecule has 0 radical (unpaired) electrons. The van der Waals surface area contributed by atoms with Crippen LogP contribution in [0.1, 0.15) is 0 Å². The average molecular weight is 476 g/mol. The normalized spacial score (nSPS) is 11.2. The van der Waals surface area contributed by atoms with Gasteiger partial charge in [0.25, 0.3) is 0 Å². The number of rotatable bonds is 4. The van der Waals surface area contributed by atoms with Gasteiger partial charge in [0.2, 0.25) is 0 Å². The quantitative estimate of drug-likeness (QED) is 0.267. The fourth-order valence-electron chi connectivity index (χ4n) is 4.81. The molecule has 0 aliphatic carbocycles. The second-order valence-electron chi connectivity index (χ2n) is 8.82. The first kappa shape index (κ1) is 21.1. The van der Waals surface area contributed by atoms with Gasteiger partial charge in [-0.15, -0.1) is 0 Å². The molecule has 5 heteroatoms. The largest absolute Gasteiger partial charge is 0.292 e. The number of nitrogens with zero attached hydrogens (tertiary/aromatic N) is 5. The van der Waals surface area contributed by atoms with Crippen LogP contribution < -0.4 is 0 Å². The van der Waals surface area contributed by atoms with Crippen LogP contribution in [0.5, 0.6) is 0 Å². The molecule has 3 aromatic carbocycles. The molecular formula is C32H21N5. The molecule has 0 fully saturated rings. The Balaban J connectivity index is 1.44. The molecule has 7 aromatic rings. The van der Waals surface area contributed by atoms with Gasteiger partial charge >= 0.3 is 0 Å². The van der Waals surface area contributed by atoms with E-state index >= 15 is 0 Å². The molecule has 4 heterocycles. The Bertz CT molecular complexity index is 1760. The zero-order valence-electron chi connectivity index (χ0n) is 19.9. The first-order chi connectivity index (χ1) is 18.3. The highest BCUT2D eigenvalue weighted by Crippen LogP contribution is 2.32. The van der Waals surface area contributed by atoms with Gasteiger partial charge in [0.05, 0.1) is 34.3 Å². The van der Waals surface area contributed by atoms with Gasteiger partial charge in [0, 0.05) is 28.1 Å². The maximum atomic E-state index is 5.10. The highest BCUT2D eigenvalue weighted by molar-refractivity contribution is 6.08. The summed E-state index contributed by atoms with van der Waals surface area (Å²) in [6, 6.07) is 38.8. The average Bonchev–Trinajstić information content (AvgIpc) is 3.32. The van der Waals surface area contributed by atoms with Gasteiger partial charge in [-0.05, 0) is 30.3 Å². The lowest BCUT2D eigenvalue weighted by Gasteiger charge is -2.11. The van der Waals surface area contributed by atoms with E-state index in [1.807, 2.05) is 85.2 Å². The minimum Gasteiger partial charge on any atom is -0.292 e. The molecule has 0 aliphatic rings. The first-order valence-electron chi connectivity index (χ1n) is 12.2. The number of fused-ring (bicyclic) bond motifs is 3. The second-order valence-corrected chi connectivity index (χ2v) is 8.82. The van der Waals surface area contributed by atoms with Crippen molar-refractivity contribution >= 4 is 21.8 Å². The van der Waals surface area contributed by atoms with E-state index in [0.717, 1.165) is 50.4 Å². The zero-order chi connectivity index (χ0) is 24.6. The Hall–Kier alpha value is -5.16. The molecule has 0 saturated heterocycles. The van der Waals surface area contributed by atoms with E-state index in [4.69, 9.17) is 15.0 Å². The van der Waals surface area contributed by atoms with Crippen LogP contribution in [0, 0.1) is 0 Å². The van der Waals surface area contributed by atoms with Crippen LogP contribution >= 0.6 is 0 Å². The van der Waals surface area contributed by atoms with Gasteiger partial charge in [0.15, 0.2) is 5.82 Å². The molecule has 0 atom stereocenters. The topological polar surface area (TPSA) is 56.5 Å². The summed E-state index contributed by atoms with van der Waals surface area (Å²) in [4.78, 5) is 19.3. The van der Waals surface area contributed by atoms with E-state index in [2.05, 4.69) is 52.0 Å². The number of hydrogen-bond donors (Lipinski definition) is 0. The molecule has 0 N–H and O–H groups in total. The van der Waals surface area contributed by atoms with E-state index in [-0.39, 0.29) is 0 Å². The van der Waals surface area contributed by atoms with Crippen molar-refractivity contribution < 1.29 is 0 Å². The van der Waals surface area contributed by atoms with E-state index in [1.165, 1.54) is 5.39 Å². The highest BCUT2D eigenvalue weighted by Gasteiger charge is 2.15. The van der Waals surface area contributed by atoms with Crippen molar-refractivity contribution in [3.63, 3.8) is 0 Å². The van der Waals surface area contributed by atoms with Gasteiger partial charge in [0.1, 0.15) is 5.82 Å². The summed E-state index contributed by atoms with van der Waals surface area (Å²) in [5.41, 5.74) is 6.52. The fourth-order valence-corrected chi connectivity index (χ4v) is 4.81. The van der Waals surface area contributed by atoms with Crippen molar-refractivity contribution in [2.75, 3.05) is 0 Å². The van der Waals surface area contributed by atoms with Crippen molar-refractivity contribution in [1.82, 2.24) is 24.5 Å².